The summed E-state index contributed by atoms with van der Waals surface area (Å²) in [7, 11) is -2.25. The molecule has 0 aliphatic heterocycles. The van der Waals surface area contributed by atoms with Gasteiger partial charge in [-0.25, -0.2) is 13.1 Å². The van der Waals surface area contributed by atoms with Gasteiger partial charge in [0.15, 0.2) is 0 Å². The Bertz CT molecular complexity index is 1370. The summed E-state index contributed by atoms with van der Waals surface area (Å²) in [5.41, 5.74) is 4.68. The summed E-state index contributed by atoms with van der Waals surface area (Å²) in [6, 6.07) is 20.0. The molecule has 1 aliphatic rings. The van der Waals surface area contributed by atoms with Crippen LogP contribution in [-0.2, 0) is 29.4 Å². The molecule has 8 nitrogen and oxygen atoms in total. The minimum absolute atomic E-state index is 0.188. The van der Waals surface area contributed by atoms with Crippen molar-refractivity contribution in [3.8, 4) is 11.4 Å². The van der Waals surface area contributed by atoms with Crippen LogP contribution in [0.2, 0.25) is 0 Å². The molecule has 0 spiro atoms. The highest BCUT2D eigenvalue weighted by molar-refractivity contribution is 7.92. The summed E-state index contributed by atoms with van der Waals surface area (Å²) in [5.74, 6) is 0.685. The third-order valence-corrected chi connectivity index (χ3v) is 7.66. The minimum Gasteiger partial charge on any atom is -0.497 e. The molecule has 0 saturated heterocycles. The molecular formula is C24H23N5O3S. The Balaban J connectivity index is 1.55. The molecule has 9 heteroatoms. The lowest BCUT2D eigenvalue weighted by Crippen LogP contribution is -2.30. The van der Waals surface area contributed by atoms with Crippen LogP contribution in [0.3, 0.4) is 0 Å². The molecular weight excluding hydrogens is 438 g/mol. The largest absolute Gasteiger partial charge is 0.497 e. The lowest BCUT2D eigenvalue weighted by molar-refractivity contribution is 0.414. The molecule has 0 bridgehead atoms. The SMILES string of the molecule is COc1cccc(CN(c2ccc3c(c2)CCC3)S(=O)(=O)c2ccc(-n3cnnn3)cc2)c1. The van der Waals surface area contributed by atoms with Gasteiger partial charge in [-0.3, -0.25) is 4.31 Å². The zero-order valence-corrected chi connectivity index (χ0v) is 18.9. The van der Waals surface area contributed by atoms with Crippen LogP contribution in [-0.4, -0.2) is 35.7 Å². The number of rotatable bonds is 7. The number of anilines is 1. The van der Waals surface area contributed by atoms with Crippen molar-refractivity contribution in [3.63, 3.8) is 0 Å². The number of sulfonamides is 1. The van der Waals surface area contributed by atoms with Gasteiger partial charge in [0, 0.05) is 0 Å². The van der Waals surface area contributed by atoms with E-state index in [0.717, 1.165) is 24.8 Å². The topological polar surface area (TPSA) is 90.2 Å². The van der Waals surface area contributed by atoms with Crippen molar-refractivity contribution < 1.29 is 13.2 Å². The summed E-state index contributed by atoms with van der Waals surface area (Å²) in [5, 5.41) is 11.1. The van der Waals surface area contributed by atoms with Crippen molar-refractivity contribution in [2.75, 3.05) is 11.4 Å². The van der Waals surface area contributed by atoms with E-state index >= 15 is 0 Å². The molecule has 1 heterocycles. The van der Waals surface area contributed by atoms with Crippen LogP contribution in [0.4, 0.5) is 5.69 Å². The highest BCUT2D eigenvalue weighted by atomic mass is 32.2. The van der Waals surface area contributed by atoms with E-state index in [1.54, 1.807) is 31.4 Å². The molecule has 0 radical (unpaired) electrons. The Labute approximate surface area is 192 Å². The average Bonchev–Trinajstić information content (AvgIpc) is 3.54. The molecule has 1 aromatic heterocycles. The minimum atomic E-state index is -3.84. The van der Waals surface area contributed by atoms with Crippen LogP contribution >= 0.6 is 0 Å². The zero-order chi connectivity index (χ0) is 22.8. The maximum Gasteiger partial charge on any atom is 0.264 e. The van der Waals surface area contributed by atoms with E-state index < -0.39 is 10.0 Å². The molecule has 1 aliphatic carbocycles. The summed E-state index contributed by atoms with van der Waals surface area (Å²) >= 11 is 0. The fourth-order valence-electron chi connectivity index (χ4n) is 4.14. The first-order chi connectivity index (χ1) is 16.0. The second kappa shape index (κ2) is 8.67. The van der Waals surface area contributed by atoms with Gasteiger partial charge in [-0.1, -0.05) is 18.2 Å². The molecule has 0 amide bonds. The number of hydrogen-bond donors (Lipinski definition) is 0. The number of methoxy groups -OCH3 is 1. The van der Waals surface area contributed by atoms with Gasteiger partial charge in [0.05, 0.1) is 29.9 Å². The van der Waals surface area contributed by atoms with Gasteiger partial charge >= 0.3 is 0 Å². The van der Waals surface area contributed by atoms with Crippen molar-refractivity contribution >= 4 is 15.7 Å². The number of aryl methyl sites for hydroxylation is 2. The monoisotopic (exact) mass is 461 g/mol. The highest BCUT2D eigenvalue weighted by Gasteiger charge is 2.27. The first-order valence-electron chi connectivity index (χ1n) is 10.7. The second-order valence-corrected chi connectivity index (χ2v) is 9.78. The molecule has 0 saturated carbocycles. The summed E-state index contributed by atoms with van der Waals surface area (Å²) in [6.07, 6.45) is 4.57. The predicted octanol–water partition coefficient (Wildman–Crippen LogP) is 3.56. The molecule has 0 fully saturated rings. The number of tetrazole rings is 1. The Hall–Kier alpha value is -3.72. The van der Waals surface area contributed by atoms with E-state index in [-0.39, 0.29) is 11.4 Å². The third kappa shape index (κ3) is 4.19. The lowest BCUT2D eigenvalue weighted by atomic mass is 10.1. The Morgan fingerprint density at radius 3 is 2.58 bits per heavy atom. The molecule has 4 aromatic rings. The number of aromatic nitrogens is 4. The zero-order valence-electron chi connectivity index (χ0n) is 18.1. The summed E-state index contributed by atoms with van der Waals surface area (Å²) in [6.45, 7) is 0.188. The Morgan fingerprint density at radius 2 is 1.82 bits per heavy atom. The van der Waals surface area contributed by atoms with E-state index in [1.165, 1.54) is 26.4 Å². The number of hydrogen-bond acceptors (Lipinski definition) is 6. The molecule has 0 atom stereocenters. The van der Waals surface area contributed by atoms with E-state index in [1.807, 2.05) is 42.5 Å². The van der Waals surface area contributed by atoms with Crippen molar-refractivity contribution in [2.45, 2.75) is 30.7 Å². The van der Waals surface area contributed by atoms with Gasteiger partial charge in [0.25, 0.3) is 10.0 Å². The fourth-order valence-corrected chi connectivity index (χ4v) is 5.59. The lowest BCUT2D eigenvalue weighted by Gasteiger charge is -2.25. The third-order valence-electron chi connectivity index (χ3n) is 5.87. The number of benzene rings is 3. The van der Waals surface area contributed by atoms with Crippen molar-refractivity contribution in [1.82, 2.24) is 20.2 Å². The number of ether oxygens (including phenoxy) is 1. The van der Waals surface area contributed by atoms with Crippen LogP contribution in [0.25, 0.3) is 5.69 Å². The molecule has 33 heavy (non-hydrogen) atoms. The van der Waals surface area contributed by atoms with E-state index in [4.69, 9.17) is 4.74 Å². The van der Waals surface area contributed by atoms with E-state index in [2.05, 4.69) is 15.5 Å². The molecule has 3 aromatic carbocycles. The maximum absolute atomic E-state index is 13.8. The van der Waals surface area contributed by atoms with E-state index in [0.29, 0.717) is 17.1 Å². The van der Waals surface area contributed by atoms with Crippen LogP contribution < -0.4 is 9.04 Å². The average molecular weight is 462 g/mol. The Morgan fingerprint density at radius 1 is 1.00 bits per heavy atom. The number of fused-ring (bicyclic) bond motifs is 1. The van der Waals surface area contributed by atoms with Gasteiger partial charge in [0.1, 0.15) is 12.1 Å². The van der Waals surface area contributed by atoms with Crippen molar-refractivity contribution in [1.29, 1.82) is 0 Å². The molecule has 5 rings (SSSR count). The first kappa shape index (κ1) is 21.1. The molecule has 0 N–H and O–H groups in total. The van der Waals surface area contributed by atoms with Gasteiger partial charge in [0.2, 0.25) is 0 Å². The molecule has 168 valence electrons. The predicted molar refractivity (Wildman–Crippen MR) is 124 cm³/mol. The van der Waals surface area contributed by atoms with Crippen molar-refractivity contribution in [3.05, 3.63) is 89.7 Å². The fraction of sp³-hybridized carbons (Fsp3) is 0.208. The smallest absolute Gasteiger partial charge is 0.264 e. The summed E-state index contributed by atoms with van der Waals surface area (Å²) in [4.78, 5) is 0.197. The molecule has 0 unspecified atom stereocenters. The highest BCUT2D eigenvalue weighted by Crippen LogP contribution is 2.32. The standard InChI is InChI=1S/C24H23N5O3S/c1-32-23-7-2-4-18(14-23)16-29(22-9-8-19-5-3-6-20(19)15-22)33(30,31)24-12-10-21(11-13-24)28-17-25-26-27-28/h2,4,7-15,17H,3,5-6,16H2,1H3. The van der Waals surface area contributed by atoms with Crippen molar-refractivity contribution in [2.24, 2.45) is 0 Å². The van der Waals surface area contributed by atoms with Gasteiger partial charge in [-0.15, -0.1) is 5.10 Å². The quantitative estimate of drug-likeness (QED) is 0.418. The van der Waals surface area contributed by atoms with Crippen LogP contribution in [0, 0.1) is 0 Å². The first-order valence-corrected chi connectivity index (χ1v) is 12.1. The summed E-state index contributed by atoms with van der Waals surface area (Å²) < 4.78 is 36.0. The second-order valence-electron chi connectivity index (χ2n) is 7.92. The Kier molecular flexibility index (Phi) is 5.55. The maximum atomic E-state index is 13.8. The van der Waals surface area contributed by atoms with E-state index in [9.17, 15) is 8.42 Å². The van der Waals surface area contributed by atoms with Crippen LogP contribution in [0.15, 0.2) is 78.0 Å². The van der Waals surface area contributed by atoms with Crippen LogP contribution in [0.5, 0.6) is 5.75 Å². The van der Waals surface area contributed by atoms with Gasteiger partial charge < -0.3 is 4.74 Å². The van der Waals surface area contributed by atoms with Crippen LogP contribution in [0.1, 0.15) is 23.1 Å². The van der Waals surface area contributed by atoms with Gasteiger partial charge in [-0.05, 0) is 94.9 Å². The number of nitrogens with zero attached hydrogens (tertiary/aromatic N) is 5. The normalized spacial score (nSPS) is 13.0. The van der Waals surface area contributed by atoms with Gasteiger partial charge in [-0.2, -0.15) is 0 Å².